The minimum absolute atomic E-state index is 0.278. The molecule has 0 saturated heterocycles. The van der Waals surface area contributed by atoms with Crippen molar-refractivity contribution in [2.45, 2.75) is 13.0 Å². The van der Waals surface area contributed by atoms with Crippen LogP contribution in [0.5, 0.6) is 0 Å². The van der Waals surface area contributed by atoms with E-state index in [4.69, 9.17) is 11.6 Å². The molecule has 0 saturated carbocycles. The molecule has 2 heterocycles. The molecule has 0 spiro atoms. The van der Waals surface area contributed by atoms with E-state index >= 15 is 0 Å². The van der Waals surface area contributed by atoms with Crippen molar-refractivity contribution in [2.24, 2.45) is 14.1 Å². The smallest absolute Gasteiger partial charge is 0.330 e. The molecule has 0 amide bonds. The average molecular weight is 375 g/mol. The van der Waals surface area contributed by atoms with Crippen molar-refractivity contribution >= 4 is 22.5 Å². The van der Waals surface area contributed by atoms with Gasteiger partial charge in [0.15, 0.2) is 0 Å². The first-order valence-corrected chi connectivity index (χ1v) is 8.88. The predicted molar refractivity (Wildman–Crippen MR) is 106 cm³/mol. The first-order valence-electron chi connectivity index (χ1n) is 8.50. The Hall–Kier alpha value is -2.31. The van der Waals surface area contributed by atoms with Crippen LogP contribution in [-0.2, 0) is 20.6 Å². The highest BCUT2D eigenvalue weighted by molar-refractivity contribution is 6.30. The van der Waals surface area contributed by atoms with Gasteiger partial charge in [0.1, 0.15) is 0 Å². The number of aromatic nitrogens is 3. The van der Waals surface area contributed by atoms with Crippen LogP contribution in [0.2, 0.25) is 5.02 Å². The fraction of sp³-hybridized carbons (Fsp3) is 0.368. The fourth-order valence-corrected chi connectivity index (χ4v) is 3.37. The molecule has 138 valence electrons. The van der Waals surface area contributed by atoms with Crippen molar-refractivity contribution < 1.29 is 0 Å². The van der Waals surface area contributed by atoms with Crippen molar-refractivity contribution in [1.29, 1.82) is 0 Å². The first-order chi connectivity index (χ1) is 12.3. The molecule has 0 atom stereocenters. The molecule has 0 aliphatic heterocycles. The van der Waals surface area contributed by atoms with Crippen LogP contribution in [0.1, 0.15) is 6.42 Å². The Labute approximate surface area is 156 Å². The van der Waals surface area contributed by atoms with Gasteiger partial charge in [-0.3, -0.25) is 13.9 Å². The van der Waals surface area contributed by atoms with Crippen LogP contribution in [0, 0.1) is 0 Å². The van der Waals surface area contributed by atoms with E-state index in [2.05, 4.69) is 9.47 Å². The monoisotopic (exact) mass is 374 g/mol. The third kappa shape index (κ3) is 3.22. The highest BCUT2D eigenvalue weighted by atomic mass is 35.5. The molecule has 0 aliphatic rings. The van der Waals surface area contributed by atoms with Crippen molar-refractivity contribution in [3.63, 3.8) is 0 Å². The van der Waals surface area contributed by atoms with Crippen LogP contribution in [0.4, 0.5) is 0 Å². The van der Waals surface area contributed by atoms with Gasteiger partial charge in [0.05, 0.1) is 16.6 Å². The van der Waals surface area contributed by atoms with E-state index in [9.17, 15) is 9.59 Å². The molecule has 0 radical (unpaired) electrons. The Morgan fingerprint density at radius 2 is 1.69 bits per heavy atom. The van der Waals surface area contributed by atoms with Gasteiger partial charge in [0.25, 0.3) is 5.56 Å². The second-order valence-corrected chi connectivity index (χ2v) is 7.24. The van der Waals surface area contributed by atoms with Gasteiger partial charge >= 0.3 is 5.69 Å². The molecule has 3 aromatic rings. The third-order valence-corrected chi connectivity index (χ3v) is 4.89. The van der Waals surface area contributed by atoms with Crippen molar-refractivity contribution in [2.75, 3.05) is 20.6 Å². The molecule has 0 fully saturated rings. The quantitative estimate of drug-likeness (QED) is 0.688. The molecule has 1 aromatic carbocycles. The lowest BCUT2D eigenvalue weighted by molar-refractivity contribution is 0.387. The SMILES string of the molecule is CN(C)CCCn1cc2c(c1-c1ccc(Cl)cc1)c(=O)n(C)c(=O)n2C. The summed E-state index contributed by atoms with van der Waals surface area (Å²) >= 11 is 6.03. The molecule has 3 rings (SSSR count). The van der Waals surface area contributed by atoms with E-state index in [1.54, 1.807) is 7.05 Å². The van der Waals surface area contributed by atoms with Gasteiger partial charge in [-0.1, -0.05) is 23.7 Å². The highest BCUT2D eigenvalue weighted by Gasteiger charge is 2.19. The third-order valence-electron chi connectivity index (χ3n) is 4.63. The van der Waals surface area contributed by atoms with Gasteiger partial charge in [-0.2, -0.15) is 0 Å². The van der Waals surface area contributed by atoms with Crippen LogP contribution in [0.15, 0.2) is 40.1 Å². The lowest BCUT2D eigenvalue weighted by atomic mass is 10.1. The summed E-state index contributed by atoms with van der Waals surface area (Å²) in [6.07, 6.45) is 2.83. The number of benzene rings is 1. The number of nitrogens with zero attached hydrogens (tertiary/aromatic N) is 4. The summed E-state index contributed by atoms with van der Waals surface area (Å²) in [6, 6.07) is 7.44. The van der Waals surface area contributed by atoms with Crippen molar-refractivity contribution in [3.8, 4) is 11.3 Å². The standard InChI is InChI=1S/C19H23ClN4O2/c1-21(2)10-5-11-24-12-15-16(18(25)23(4)19(26)22(15)3)17(24)13-6-8-14(20)9-7-13/h6-9,12H,5,10-11H2,1-4H3. The summed E-state index contributed by atoms with van der Waals surface area (Å²) in [5, 5.41) is 1.20. The van der Waals surface area contributed by atoms with Gasteiger partial charge in [0, 0.05) is 31.9 Å². The molecule has 0 aliphatic carbocycles. The van der Waals surface area contributed by atoms with E-state index in [0.717, 1.165) is 35.3 Å². The Kier molecular flexibility index (Phi) is 5.07. The summed E-state index contributed by atoms with van der Waals surface area (Å²) in [7, 11) is 7.27. The molecule has 0 unspecified atom stereocenters. The topological polar surface area (TPSA) is 52.2 Å². The Morgan fingerprint density at radius 3 is 2.31 bits per heavy atom. The molecule has 6 nitrogen and oxygen atoms in total. The summed E-state index contributed by atoms with van der Waals surface area (Å²) in [6.45, 7) is 1.69. The molecular formula is C19H23ClN4O2. The first kappa shape index (κ1) is 18.5. The van der Waals surface area contributed by atoms with Crippen LogP contribution in [0.3, 0.4) is 0 Å². The minimum atomic E-state index is -0.324. The highest BCUT2D eigenvalue weighted by Crippen LogP contribution is 2.29. The maximum atomic E-state index is 12.9. The van der Waals surface area contributed by atoms with Crippen LogP contribution in [-0.4, -0.2) is 39.2 Å². The number of fused-ring (bicyclic) bond motifs is 1. The zero-order valence-corrected chi connectivity index (χ0v) is 16.2. The number of hydrogen-bond donors (Lipinski definition) is 0. The number of halogens is 1. The number of aryl methyl sites for hydroxylation is 2. The summed E-state index contributed by atoms with van der Waals surface area (Å²) in [4.78, 5) is 27.3. The normalized spacial score (nSPS) is 11.6. The lowest BCUT2D eigenvalue weighted by Crippen LogP contribution is -2.36. The molecule has 26 heavy (non-hydrogen) atoms. The fourth-order valence-electron chi connectivity index (χ4n) is 3.24. The minimum Gasteiger partial charge on any atom is -0.345 e. The van der Waals surface area contributed by atoms with E-state index in [0.29, 0.717) is 15.9 Å². The number of rotatable bonds is 5. The largest absolute Gasteiger partial charge is 0.345 e. The Morgan fingerprint density at radius 1 is 1.04 bits per heavy atom. The van der Waals surface area contributed by atoms with Crippen LogP contribution < -0.4 is 11.2 Å². The molecule has 7 heteroatoms. The maximum absolute atomic E-state index is 12.9. The second kappa shape index (κ2) is 7.13. The summed E-state index contributed by atoms with van der Waals surface area (Å²) in [5.41, 5.74) is 1.78. The van der Waals surface area contributed by atoms with Crippen LogP contribution in [0.25, 0.3) is 22.2 Å². The zero-order chi connectivity index (χ0) is 19.0. The van der Waals surface area contributed by atoms with E-state index in [1.807, 2.05) is 44.6 Å². The average Bonchev–Trinajstić information content (AvgIpc) is 2.98. The zero-order valence-electron chi connectivity index (χ0n) is 15.5. The van der Waals surface area contributed by atoms with Gasteiger partial charge < -0.3 is 9.47 Å². The molecule has 0 bridgehead atoms. The van der Waals surface area contributed by atoms with Crippen molar-refractivity contribution in [1.82, 2.24) is 18.6 Å². The maximum Gasteiger partial charge on any atom is 0.330 e. The number of hydrogen-bond acceptors (Lipinski definition) is 3. The Bertz CT molecular complexity index is 1060. The van der Waals surface area contributed by atoms with Gasteiger partial charge in [-0.15, -0.1) is 0 Å². The van der Waals surface area contributed by atoms with E-state index in [1.165, 1.54) is 11.6 Å². The van der Waals surface area contributed by atoms with Crippen molar-refractivity contribution in [3.05, 3.63) is 56.3 Å². The van der Waals surface area contributed by atoms with Gasteiger partial charge in [-0.25, -0.2) is 4.79 Å². The van der Waals surface area contributed by atoms with E-state index < -0.39 is 0 Å². The Balaban J connectivity index is 2.28. The summed E-state index contributed by atoms with van der Waals surface area (Å²) in [5.74, 6) is 0. The molecule has 0 N–H and O–H groups in total. The summed E-state index contributed by atoms with van der Waals surface area (Å²) < 4.78 is 4.75. The molecular weight excluding hydrogens is 352 g/mol. The lowest BCUT2D eigenvalue weighted by Gasteiger charge is -2.12. The van der Waals surface area contributed by atoms with Crippen LogP contribution >= 0.6 is 11.6 Å². The van der Waals surface area contributed by atoms with Gasteiger partial charge in [0.2, 0.25) is 0 Å². The second-order valence-electron chi connectivity index (χ2n) is 6.80. The van der Waals surface area contributed by atoms with Gasteiger partial charge in [-0.05, 0) is 44.8 Å². The van der Waals surface area contributed by atoms with E-state index in [-0.39, 0.29) is 11.2 Å². The predicted octanol–water partition coefficient (Wildman–Crippen LogP) is 2.31. The molecule has 2 aromatic heterocycles.